The summed E-state index contributed by atoms with van der Waals surface area (Å²) in [6.07, 6.45) is 0. The van der Waals surface area contributed by atoms with Crippen LogP contribution in [0.5, 0.6) is 0 Å². The molecule has 0 fully saturated rings. The van der Waals surface area contributed by atoms with Crippen molar-refractivity contribution >= 4 is 25.5 Å². The molecule has 0 amide bonds. The predicted molar refractivity (Wildman–Crippen MR) is 86.9 cm³/mol. The molecule has 140 valence electrons. The van der Waals surface area contributed by atoms with E-state index in [1.807, 2.05) is 0 Å². The largest absolute Gasteiger partial charge is 0.466 e. The summed E-state index contributed by atoms with van der Waals surface area (Å²) in [4.78, 5) is 43.8. The quantitative estimate of drug-likeness (QED) is 0.381. The summed E-state index contributed by atoms with van der Waals surface area (Å²) in [6.45, 7) is 0. The maximum Gasteiger partial charge on any atom is 0.466 e. The Balaban J connectivity index is 0.000000480. The Labute approximate surface area is 143 Å². The van der Waals surface area contributed by atoms with Crippen LogP contribution in [0.2, 0.25) is 0 Å². The van der Waals surface area contributed by atoms with Gasteiger partial charge < -0.3 is 29.4 Å². The molecule has 0 aliphatic carbocycles. The second-order valence-electron chi connectivity index (χ2n) is 4.16. The number of phosphoric acid groups is 2. The van der Waals surface area contributed by atoms with Gasteiger partial charge in [0.2, 0.25) is 9.84 Å². The molecule has 6 N–H and O–H groups in total. The summed E-state index contributed by atoms with van der Waals surface area (Å²) in [5, 5.41) is 0. The van der Waals surface area contributed by atoms with Gasteiger partial charge in [-0.3, -0.25) is 0 Å². The highest BCUT2D eigenvalue weighted by Crippen LogP contribution is 2.26. The number of hydrogen-bond donors (Lipinski definition) is 6. The third kappa shape index (κ3) is 13.6. The van der Waals surface area contributed by atoms with E-state index in [2.05, 4.69) is 0 Å². The lowest BCUT2D eigenvalue weighted by Gasteiger charge is -2.03. The lowest BCUT2D eigenvalue weighted by atomic mass is 10.4. The second-order valence-corrected chi connectivity index (χ2v) is 8.16. The van der Waals surface area contributed by atoms with Gasteiger partial charge in [0.15, 0.2) is 0 Å². The van der Waals surface area contributed by atoms with Gasteiger partial charge in [-0.25, -0.2) is 17.5 Å². The molecule has 0 atom stereocenters. The average molecular weight is 414 g/mol. The third-order valence-corrected chi connectivity index (χ3v) is 3.89. The third-order valence-electron chi connectivity index (χ3n) is 2.11. The fraction of sp³-hybridized carbons (Fsp3) is 0. The van der Waals surface area contributed by atoms with Crippen molar-refractivity contribution in [3.05, 3.63) is 60.7 Å². The molecule has 2 aromatic carbocycles. The van der Waals surface area contributed by atoms with E-state index in [0.29, 0.717) is 9.79 Å². The zero-order valence-electron chi connectivity index (χ0n) is 12.4. The molecule has 0 saturated heterocycles. The molecule has 10 nitrogen and oxygen atoms in total. The van der Waals surface area contributed by atoms with Crippen LogP contribution in [0.25, 0.3) is 0 Å². The van der Waals surface area contributed by atoms with E-state index >= 15 is 0 Å². The highest BCUT2D eigenvalue weighted by molar-refractivity contribution is 7.91. The van der Waals surface area contributed by atoms with Crippen LogP contribution in [0.4, 0.5) is 0 Å². The van der Waals surface area contributed by atoms with Gasteiger partial charge in [0.1, 0.15) is 0 Å². The number of sulfone groups is 1. The van der Waals surface area contributed by atoms with Gasteiger partial charge in [0.25, 0.3) is 0 Å². The summed E-state index contributed by atoms with van der Waals surface area (Å²) in [6, 6.07) is 16.9. The van der Waals surface area contributed by atoms with E-state index < -0.39 is 25.5 Å². The van der Waals surface area contributed by atoms with Gasteiger partial charge in [-0.2, -0.15) is 0 Å². The van der Waals surface area contributed by atoms with E-state index in [0.717, 1.165) is 0 Å². The van der Waals surface area contributed by atoms with Crippen molar-refractivity contribution in [1.29, 1.82) is 0 Å². The van der Waals surface area contributed by atoms with Crippen LogP contribution >= 0.6 is 15.6 Å². The van der Waals surface area contributed by atoms with E-state index in [-0.39, 0.29) is 0 Å². The fourth-order valence-electron chi connectivity index (χ4n) is 1.34. The van der Waals surface area contributed by atoms with Gasteiger partial charge in [0, 0.05) is 0 Å². The summed E-state index contributed by atoms with van der Waals surface area (Å²) >= 11 is 0. The molecular formula is C12H16O10P2S. The lowest BCUT2D eigenvalue weighted by Crippen LogP contribution is -2.00. The molecule has 2 aromatic rings. The Morgan fingerprint density at radius 2 is 0.760 bits per heavy atom. The average Bonchev–Trinajstić information content (AvgIpc) is 2.46. The van der Waals surface area contributed by atoms with Crippen LogP contribution in [0.15, 0.2) is 70.5 Å². The zero-order valence-corrected chi connectivity index (χ0v) is 15.0. The molecule has 2 rings (SSSR count). The fourth-order valence-corrected chi connectivity index (χ4v) is 2.64. The Kier molecular flexibility index (Phi) is 9.38. The highest BCUT2D eigenvalue weighted by atomic mass is 32.2. The molecule has 0 aliphatic rings. The van der Waals surface area contributed by atoms with Crippen molar-refractivity contribution in [2.75, 3.05) is 0 Å². The molecule has 0 unspecified atom stereocenters. The maximum atomic E-state index is 12.0. The molecule has 0 saturated carbocycles. The zero-order chi connectivity index (χ0) is 19.7. The standard InChI is InChI=1S/C12H10O2S.2H3O4P/c13-15(14,11-7-3-1-4-8-11)12-9-5-2-6-10-12;2*1-5(2,3)4/h1-10H;2*(H3,1,2,3,4). The topological polar surface area (TPSA) is 190 Å². The molecule has 0 radical (unpaired) electrons. The van der Waals surface area contributed by atoms with Gasteiger partial charge >= 0.3 is 15.6 Å². The van der Waals surface area contributed by atoms with Crippen LogP contribution in [-0.2, 0) is 19.0 Å². The van der Waals surface area contributed by atoms with Crippen LogP contribution < -0.4 is 0 Å². The van der Waals surface area contributed by atoms with Crippen molar-refractivity contribution in [1.82, 2.24) is 0 Å². The molecule has 0 aromatic heterocycles. The van der Waals surface area contributed by atoms with Gasteiger partial charge in [-0.1, -0.05) is 36.4 Å². The summed E-state index contributed by atoms with van der Waals surface area (Å²) in [5.41, 5.74) is 0. The minimum absolute atomic E-state index is 0.330. The lowest BCUT2D eigenvalue weighted by molar-refractivity contribution is 0.272. The van der Waals surface area contributed by atoms with Crippen molar-refractivity contribution in [3.63, 3.8) is 0 Å². The first-order valence-electron chi connectivity index (χ1n) is 6.13. The van der Waals surface area contributed by atoms with Crippen molar-refractivity contribution in [2.24, 2.45) is 0 Å². The Morgan fingerprint density at radius 1 is 0.560 bits per heavy atom. The molecule has 0 heterocycles. The van der Waals surface area contributed by atoms with Crippen LogP contribution in [0.1, 0.15) is 0 Å². The molecular weight excluding hydrogens is 398 g/mol. The molecule has 25 heavy (non-hydrogen) atoms. The SMILES string of the molecule is O=P(O)(O)O.O=P(O)(O)O.O=S(=O)(c1ccccc1)c1ccccc1. The van der Waals surface area contributed by atoms with E-state index in [1.165, 1.54) is 0 Å². The first-order valence-corrected chi connectivity index (χ1v) is 10.7. The normalized spacial score (nSPS) is 11.4. The summed E-state index contributed by atoms with van der Waals surface area (Å²) in [5.74, 6) is 0. The number of benzene rings is 2. The summed E-state index contributed by atoms with van der Waals surface area (Å²) in [7, 11) is -12.6. The van der Waals surface area contributed by atoms with E-state index in [4.69, 9.17) is 38.5 Å². The van der Waals surface area contributed by atoms with E-state index in [1.54, 1.807) is 60.7 Å². The Bertz CT molecular complexity index is 745. The predicted octanol–water partition coefficient (Wildman–Crippen LogP) is 0.662. The summed E-state index contributed by atoms with van der Waals surface area (Å²) < 4.78 is 41.8. The first-order chi connectivity index (χ1) is 11.2. The molecule has 13 heteroatoms. The minimum Gasteiger partial charge on any atom is -0.303 e. The number of rotatable bonds is 2. The molecule has 0 bridgehead atoms. The van der Waals surface area contributed by atoms with Crippen molar-refractivity contribution in [3.8, 4) is 0 Å². The highest BCUT2D eigenvalue weighted by Gasteiger charge is 2.15. The second kappa shape index (κ2) is 9.93. The molecule has 0 spiro atoms. The van der Waals surface area contributed by atoms with Gasteiger partial charge in [0.05, 0.1) is 9.79 Å². The van der Waals surface area contributed by atoms with Crippen molar-refractivity contribution in [2.45, 2.75) is 9.79 Å². The monoisotopic (exact) mass is 414 g/mol. The first kappa shape index (κ1) is 23.6. The maximum absolute atomic E-state index is 12.0. The van der Waals surface area contributed by atoms with Crippen LogP contribution in [0.3, 0.4) is 0 Å². The van der Waals surface area contributed by atoms with Crippen molar-refractivity contribution < 1.29 is 46.9 Å². The van der Waals surface area contributed by atoms with Crippen LogP contribution in [0, 0.1) is 0 Å². The Morgan fingerprint density at radius 3 is 0.960 bits per heavy atom. The van der Waals surface area contributed by atoms with Gasteiger partial charge in [-0.15, -0.1) is 0 Å². The van der Waals surface area contributed by atoms with E-state index in [9.17, 15) is 8.42 Å². The Hall–Kier alpha value is -1.39. The van der Waals surface area contributed by atoms with Gasteiger partial charge in [-0.05, 0) is 24.3 Å². The number of hydrogen-bond acceptors (Lipinski definition) is 4. The minimum atomic E-state index is -4.64. The van der Waals surface area contributed by atoms with Crippen LogP contribution in [-0.4, -0.2) is 37.8 Å². The molecule has 0 aliphatic heterocycles. The smallest absolute Gasteiger partial charge is 0.303 e.